The molecule has 1 saturated heterocycles. The number of hydrogen-bond acceptors (Lipinski definition) is 2. The fourth-order valence-corrected chi connectivity index (χ4v) is 2.91. The zero-order valence-corrected chi connectivity index (χ0v) is 12.1. The van der Waals surface area contributed by atoms with Gasteiger partial charge in [-0.1, -0.05) is 35.9 Å². The van der Waals surface area contributed by atoms with Crippen molar-refractivity contribution in [2.45, 2.75) is 18.6 Å². The lowest BCUT2D eigenvalue weighted by Gasteiger charge is -2.29. The third kappa shape index (κ3) is 2.76. The highest BCUT2D eigenvalue weighted by Gasteiger charge is 2.46. The highest BCUT2D eigenvalue weighted by Crippen LogP contribution is 2.39. The Morgan fingerprint density at radius 2 is 2.00 bits per heavy atom. The zero-order chi connectivity index (χ0) is 15.9. The van der Waals surface area contributed by atoms with E-state index in [4.69, 9.17) is 11.6 Å². The molecule has 2 aromatic rings. The molecule has 1 amide bonds. The van der Waals surface area contributed by atoms with Crippen molar-refractivity contribution in [1.82, 2.24) is 10.4 Å². The number of alkyl halides is 3. The van der Waals surface area contributed by atoms with Gasteiger partial charge in [0.25, 0.3) is 0 Å². The summed E-state index contributed by atoms with van der Waals surface area (Å²) in [5, 5.41) is 2.75. The average Bonchev–Trinajstić information content (AvgIpc) is 2.83. The summed E-state index contributed by atoms with van der Waals surface area (Å²) in [6.45, 7) is 0.0244. The molecule has 22 heavy (non-hydrogen) atoms. The lowest BCUT2D eigenvalue weighted by Crippen LogP contribution is -2.43. The van der Waals surface area contributed by atoms with Crippen LogP contribution >= 0.6 is 11.6 Å². The number of halogens is 4. The summed E-state index contributed by atoms with van der Waals surface area (Å²) < 4.78 is 40.3. The zero-order valence-electron chi connectivity index (χ0n) is 11.3. The van der Waals surface area contributed by atoms with Crippen LogP contribution in [0.1, 0.15) is 18.0 Å². The van der Waals surface area contributed by atoms with Crippen LogP contribution in [0.25, 0.3) is 10.8 Å². The second kappa shape index (κ2) is 5.44. The van der Waals surface area contributed by atoms with Crippen LogP contribution in [0.4, 0.5) is 13.2 Å². The van der Waals surface area contributed by atoms with Crippen molar-refractivity contribution in [3.05, 3.63) is 47.0 Å². The SMILES string of the molecule is O=C1CCN([C@@H](c2ccc3c(Cl)cccc3c2)C(F)(F)F)N1. The molecule has 0 bridgehead atoms. The van der Waals surface area contributed by atoms with Crippen LogP contribution in [-0.2, 0) is 4.79 Å². The van der Waals surface area contributed by atoms with E-state index in [-0.39, 0.29) is 18.5 Å². The number of benzene rings is 2. The fraction of sp³-hybridized carbons (Fsp3) is 0.267. The topological polar surface area (TPSA) is 32.3 Å². The van der Waals surface area contributed by atoms with Gasteiger partial charge in [0, 0.05) is 23.4 Å². The third-order valence-electron chi connectivity index (χ3n) is 3.64. The fourth-order valence-electron chi connectivity index (χ4n) is 2.67. The molecule has 1 aliphatic rings. The van der Waals surface area contributed by atoms with Crippen molar-refractivity contribution in [2.75, 3.05) is 6.54 Å². The van der Waals surface area contributed by atoms with Gasteiger partial charge in [0.2, 0.25) is 5.91 Å². The largest absolute Gasteiger partial charge is 0.409 e. The minimum Gasteiger partial charge on any atom is -0.288 e. The van der Waals surface area contributed by atoms with Gasteiger partial charge in [-0.25, -0.2) is 5.01 Å². The van der Waals surface area contributed by atoms with E-state index in [2.05, 4.69) is 5.43 Å². The number of carbonyl (C=O) groups is 1. The van der Waals surface area contributed by atoms with Crippen molar-refractivity contribution >= 4 is 28.3 Å². The van der Waals surface area contributed by atoms with Gasteiger partial charge in [-0.3, -0.25) is 10.2 Å². The molecule has 1 heterocycles. The number of hydrogen-bond donors (Lipinski definition) is 1. The van der Waals surface area contributed by atoms with E-state index in [1.54, 1.807) is 24.3 Å². The van der Waals surface area contributed by atoms with Gasteiger partial charge >= 0.3 is 6.18 Å². The van der Waals surface area contributed by atoms with Gasteiger partial charge in [0.15, 0.2) is 0 Å². The van der Waals surface area contributed by atoms with E-state index in [9.17, 15) is 18.0 Å². The molecule has 0 saturated carbocycles. The number of nitrogens with one attached hydrogen (secondary N) is 1. The summed E-state index contributed by atoms with van der Waals surface area (Å²) in [5.74, 6) is -0.405. The van der Waals surface area contributed by atoms with Crippen molar-refractivity contribution in [3.63, 3.8) is 0 Å². The lowest BCUT2D eigenvalue weighted by molar-refractivity contribution is -0.191. The van der Waals surface area contributed by atoms with E-state index in [1.165, 1.54) is 12.1 Å². The van der Waals surface area contributed by atoms with Crippen LogP contribution in [-0.4, -0.2) is 23.6 Å². The Bertz CT molecular complexity index is 732. The quantitative estimate of drug-likeness (QED) is 0.908. The maximum absolute atomic E-state index is 13.4. The molecule has 0 radical (unpaired) electrons. The molecule has 3 rings (SSSR count). The number of amides is 1. The maximum Gasteiger partial charge on any atom is 0.409 e. The molecular formula is C15H12ClF3N2O. The first-order valence-electron chi connectivity index (χ1n) is 6.67. The maximum atomic E-state index is 13.4. The van der Waals surface area contributed by atoms with E-state index >= 15 is 0 Å². The van der Waals surface area contributed by atoms with Crippen LogP contribution in [0.15, 0.2) is 36.4 Å². The molecule has 1 N–H and O–H groups in total. The van der Waals surface area contributed by atoms with Crippen molar-refractivity contribution in [2.24, 2.45) is 0 Å². The first-order chi connectivity index (χ1) is 10.4. The Balaban J connectivity index is 2.06. The van der Waals surface area contributed by atoms with Crippen LogP contribution in [0, 0.1) is 0 Å². The summed E-state index contributed by atoms with van der Waals surface area (Å²) in [6.07, 6.45) is -4.43. The van der Waals surface area contributed by atoms with E-state index in [0.29, 0.717) is 15.8 Å². The molecule has 1 atom stereocenters. The van der Waals surface area contributed by atoms with Crippen molar-refractivity contribution < 1.29 is 18.0 Å². The minimum absolute atomic E-state index is 0.0244. The molecule has 1 aliphatic heterocycles. The standard InChI is InChI=1S/C15H12ClF3N2O/c16-12-3-1-2-9-8-10(4-5-11(9)12)14(15(17,18)19)21-7-6-13(22)20-21/h1-5,8,14H,6-7H2,(H,20,22)/t14-/m0/s1. The average molecular weight is 329 g/mol. The summed E-state index contributed by atoms with van der Waals surface area (Å²) in [4.78, 5) is 11.2. The number of hydrazine groups is 1. The molecule has 7 heteroatoms. The smallest absolute Gasteiger partial charge is 0.288 e. The van der Waals surface area contributed by atoms with Gasteiger partial charge in [-0.05, 0) is 23.1 Å². The van der Waals surface area contributed by atoms with Crippen molar-refractivity contribution in [1.29, 1.82) is 0 Å². The second-order valence-electron chi connectivity index (χ2n) is 5.14. The second-order valence-corrected chi connectivity index (χ2v) is 5.55. The van der Waals surface area contributed by atoms with E-state index < -0.39 is 18.1 Å². The Kier molecular flexibility index (Phi) is 3.74. The van der Waals surface area contributed by atoms with E-state index in [0.717, 1.165) is 5.01 Å². The first-order valence-corrected chi connectivity index (χ1v) is 7.05. The monoisotopic (exact) mass is 328 g/mol. The van der Waals surface area contributed by atoms with Crippen molar-refractivity contribution in [3.8, 4) is 0 Å². The molecule has 0 aromatic heterocycles. The number of carbonyl (C=O) groups excluding carboxylic acids is 1. The van der Waals surface area contributed by atoms with Crippen LogP contribution in [0.2, 0.25) is 5.02 Å². The van der Waals surface area contributed by atoms with Gasteiger partial charge in [0.1, 0.15) is 6.04 Å². The Morgan fingerprint density at radius 3 is 2.64 bits per heavy atom. The minimum atomic E-state index is -4.50. The number of fused-ring (bicyclic) bond motifs is 1. The number of nitrogens with zero attached hydrogens (tertiary/aromatic N) is 1. The third-order valence-corrected chi connectivity index (χ3v) is 3.97. The van der Waals surface area contributed by atoms with Gasteiger partial charge in [-0.2, -0.15) is 13.2 Å². The summed E-state index contributed by atoms with van der Waals surface area (Å²) in [6, 6.07) is 7.65. The predicted octanol–water partition coefficient (Wildman–Crippen LogP) is 3.83. The van der Waals surface area contributed by atoms with Gasteiger partial charge in [-0.15, -0.1) is 0 Å². The summed E-state index contributed by atoms with van der Waals surface area (Å²) in [5.41, 5.74) is 2.34. The molecule has 2 aromatic carbocycles. The first kappa shape index (κ1) is 15.1. The molecule has 0 aliphatic carbocycles. The Hall–Kier alpha value is -1.79. The Labute approximate surface area is 129 Å². The molecular weight excluding hydrogens is 317 g/mol. The molecule has 0 spiro atoms. The van der Waals surface area contributed by atoms with Crippen LogP contribution < -0.4 is 5.43 Å². The molecule has 0 unspecified atom stereocenters. The van der Waals surface area contributed by atoms with Crippen LogP contribution in [0.5, 0.6) is 0 Å². The lowest BCUT2D eigenvalue weighted by atomic mass is 10.0. The van der Waals surface area contributed by atoms with Gasteiger partial charge < -0.3 is 0 Å². The Morgan fingerprint density at radius 1 is 1.23 bits per heavy atom. The number of rotatable bonds is 2. The molecule has 1 fully saturated rings. The van der Waals surface area contributed by atoms with Gasteiger partial charge in [0.05, 0.1) is 0 Å². The summed E-state index contributed by atoms with van der Waals surface area (Å²) in [7, 11) is 0. The van der Waals surface area contributed by atoms with Crippen LogP contribution in [0.3, 0.4) is 0 Å². The predicted molar refractivity (Wildman–Crippen MR) is 77.2 cm³/mol. The molecule has 116 valence electrons. The molecule has 3 nitrogen and oxygen atoms in total. The highest BCUT2D eigenvalue weighted by atomic mass is 35.5. The highest BCUT2D eigenvalue weighted by molar-refractivity contribution is 6.35. The summed E-state index contributed by atoms with van der Waals surface area (Å²) >= 11 is 6.04. The normalized spacial score (nSPS) is 17.7. The van der Waals surface area contributed by atoms with E-state index in [1.807, 2.05) is 0 Å².